The fourth-order valence-electron chi connectivity index (χ4n) is 1.71. The first-order chi connectivity index (χ1) is 10.0. The molecular formula is C15H13BrFNO3. The number of carbonyl (C=O) groups excluding carboxylic acids is 1. The molecule has 21 heavy (non-hydrogen) atoms. The summed E-state index contributed by atoms with van der Waals surface area (Å²) in [6.07, 6.45) is 0. The standard InChI is InChI=1S/C15H13BrFNO3/c1-20-11-3-5-14(18)12(7-11)15(19)21-8-9-6-10(17)2-4-13(9)16/h2-7H,8,18H2,1H3. The third-order valence-electron chi connectivity index (χ3n) is 2.85. The number of esters is 1. The van der Waals surface area contributed by atoms with Crippen molar-refractivity contribution in [2.75, 3.05) is 12.8 Å². The Labute approximate surface area is 129 Å². The third-order valence-corrected chi connectivity index (χ3v) is 3.62. The largest absolute Gasteiger partial charge is 0.497 e. The summed E-state index contributed by atoms with van der Waals surface area (Å²) in [6.45, 7) is -0.0617. The van der Waals surface area contributed by atoms with Gasteiger partial charge in [-0.25, -0.2) is 9.18 Å². The Hall–Kier alpha value is -2.08. The number of halogens is 2. The molecule has 2 aromatic carbocycles. The van der Waals surface area contributed by atoms with Crippen LogP contribution in [0.5, 0.6) is 5.75 Å². The highest BCUT2D eigenvalue weighted by Crippen LogP contribution is 2.22. The number of ether oxygens (including phenoxy) is 2. The van der Waals surface area contributed by atoms with Crippen LogP contribution in [0.2, 0.25) is 0 Å². The predicted molar refractivity (Wildman–Crippen MR) is 80.6 cm³/mol. The molecule has 4 nitrogen and oxygen atoms in total. The van der Waals surface area contributed by atoms with E-state index in [9.17, 15) is 9.18 Å². The summed E-state index contributed by atoms with van der Waals surface area (Å²) in [5, 5.41) is 0. The average molecular weight is 354 g/mol. The van der Waals surface area contributed by atoms with Crippen molar-refractivity contribution < 1.29 is 18.7 Å². The second kappa shape index (κ2) is 6.58. The topological polar surface area (TPSA) is 61.5 Å². The van der Waals surface area contributed by atoms with E-state index in [1.54, 1.807) is 18.2 Å². The quantitative estimate of drug-likeness (QED) is 0.674. The molecule has 0 aromatic heterocycles. The second-order valence-corrected chi connectivity index (χ2v) is 5.12. The van der Waals surface area contributed by atoms with Crippen molar-refractivity contribution in [1.29, 1.82) is 0 Å². The number of nitrogen functional groups attached to an aromatic ring is 1. The van der Waals surface area contributed by atoms with Crippen LogP contribution in [0.1, 0.15) is 15.9 Å². The normalized spacial score (nSPS) is 10.2. The summed E-state index contributed by atoms with van der Waals surface area (Å²) < 4.78 is 24.0. The van der Waals surface area contributed by atoms with E-state index >= 15 is 0 Å². The van der Waals surface area contributed by atoms with E-state index in [-0.39, 0.29) is 12.2 Å². The van der Waals surface area contributed by atoms with Crippen LogP contribution in [0.4, 0.5) is 10.1 Å². The van der Waals surface area contributed by atoms with Crippen molar-refractivity contribution in [3.63, 3.8) is 0 Å². The number of rotatable bonds is 4. The Bertz CT molecular complexity index is 676. The van der Waals surface area contributed by atoms with Crippen LogP contribution in [0, 0.1) is 5.82 Å². The summed E-state index contributed by atoms with van der Waals surface area (Å²) in [7, 11) is 1.49. The van der Waals surface area contributed by atoms with Gasteiger partial charge in [0.1, 0.15) is 18.2 Å². The van der Waals surface area contributed by atoms with Gasteiger partial charge >= 0.3 is 5.97 Å². The zero-order valence-corrected chi connectivity index (χ0v) is 12.8. The highest BCUT2D eigenvalue weighted by Gasteiger charge is 2.13. The lowest BCUT2D eigenvalue weighted by Gasteiger charge is -2.09. The lowest BCUT2D eigenvalue weighted by Crippen LogP contribution is -2.09. The first-order valence-electron chi connectivity index (χ1n) is 6.06. The van der Waals surface area contributed by atoms with Crippen LogP contribution >= 0.6 is 15.9 Å². The van der Waals surface area contributed by atoms with Gasteiger partial charge in [0.05, 0.1) is 12.7 Å². The highest BCUT2D eigenvalue weighted by atomic mass is 79.9. The minimum absolute atomic E-state index is 0.0617. The van der Waals surface area contributed by atoms with Gasteiger partial charge in [-0.1, -0.05) is 15.9 Å². The van der Waals surface area contributed by atoms with Gasteiger partial charge in [-0.05, 0) is 36.4 Å². The maximum Gasteiger partial charge on any atom is 0.340 e. The maximum absolute atomic E-state index is 13.2. The lowest BCUT2D eigenvalue weighted by atomic mass is 10.1. The fraction of sp³-hybridized carbons (Fsp3) is 0.133. The molecule has 0 aliphatic heterocycles. The number of hydrogen-bond acceptors (Lipinski definition) is 4. The number of anilines is 1. The zero-order chi connectivity index (χ0) is 15.4. The van der Waals surface area contributed by atoms with Crippen LogP contribution in [-0.4, -0.2) is 13.1 Å². The molecule has 0 fully saturated rings. The van der Waals surface area contributed by atoms with Crippen molar-refractivity contribution in [2.24, 2.45) is 0 Å². The minimum Gasteiger partial charge on any atom is -0.497 e. The van der Waals surface area contributed by atoms with E-state index in [4.69, 9.17) is 15.2 Å². The molecule has 0 aliphatic carbocycles. The minimum atomic E-state index is -0.595. The van der Waals surface area contributed by atoms with Gasteiger partial charge in [0.25, 0.3) is 0 Å². The Balaban J connectivity index is 2.13. The van der Waals surface area contributed by atoms with Gasteiger partial charge in [0.2, 0.25) is 0 Å². The molecule has 6 heteroatoms. The molecule has 0 unspecified atom stereocenters. The number of hydrogen-bond donors (Lipinski definition) is 1. The van der Waals surface area contributed by atoms with Gasteiger partial charge in [-0.2, -0.15) is 0 Å². The molecule has 110 valence electrons. The molecule has 0 heterocycles. The molecule has 0 aliphatic rings. The lowest BCUT2D eigenvalue weighted by molar-refractivity contribution is 0.0472. The first kappa shape index (κ1) is 15.3. The van der Waals surface area contributed by atoms with Gasteiger partial charge < -0.3 is 15.2 Å². The number of nitrogens with two attached hydrogens (primary N) is 1. The summed E-state index contributed by atoms with van der Waals surface area (Å²) >= 11 is 3.27. The number of carbonyl (C=O) groups is 1. The molecule has 0 radical (unpaired) electrons. The predicted octanol–water partition coefficient (Wildman–Crippen LogP) is 3.54. The molecule has 0 spiro atoms. The summed E-state index contributed by atoms with van der Waals surface area (Å²) in [5.41, 5.74) is 6.78. The Kier molecular flexibility index (Phi) is 4.80. The van der Waals surface area contributed by atoms with Crippen molar-refractivity contribution in [3.05, 3.63) is 57.8 Å². The molecule has 0 bridgehead atoms. The Morgan fingerprint density at radius 2 is 2.05 bits per heavy atom. The van der Waals surface area contributed by atoms with Gasteiger partial charge in [0.15, 0.2) is 0 Å². The Morgan fingerprint density at radius 1 is 1.29 bits per heavy atom. The highest BCUT2D eigenvalue weighted by molar-refractivity contribution is 9.10. The van der Waals surface area contributed by atoms with Gasteiger partial charge in [0, 0.05) is 15.7 Å². The summed E-state index contributed by atoms with van der Waals surface area (Å²) in [5.74, 6) is -0.490. The van der Waals surface area contributed by atoms with E-state index in [2.05, 4.69) is 15.9 Å². The molecule has 2 aromatic rings. The van der Waals surface area contributed by atoms with Gasteiger partial charge in [-0.15, -0.1) is 0 Å². The summed E-state index contributed by atoms with van der Waals surface area (Å²) in [4.78, 5) is 12.0. The van der Waals surface area contributed by atoms with Crippen LogP contribution in [-0.2, 0) is 11.3 Å². The van der Waals surface area contributed by atoms with E-state index < -0.39 is 11.8 Å². The van der Waals surface area contributed by atoms with Crippen LogP contribution in [0.25, 0.3) is 0 Å². The second-order valence-electron chi connectivity index (χ2n) is 4.27. The van der Waals surface area contributed by atoms with E-state index in [1.807, 2.05) is 0 Å². The number of benzene rings is 2. The smallest absolute Gasteiger partial charge is 0.340 e. The monoisotopic (exact) mass is 353 g/mol. The van der Waals surface area contributed by atoms with Crippen LogP contribution in [0.3, 0.4) is 0 Å². The van der Waals surface area contributed by atoms with E-state index in [1.165, 1.54) is 25.3 Å². The molecule has 0 saturated heterocycles. The number of methoxy groups -OCH3 is 1. The fourth-order valence-corrected chi connectivity index (χ4v) is 2.08. The molecule has 0 atom stereocenters. The van der Waals surface area contributed by atoms with Crippen molar-refractivity contribution >= 4 is 27.6 Å². The molecule has 0 amide bonds. The van der Waals surface area contributed by atoms with Crippen LogP contribution < -0.4 is 10.5 Å². The summed E-state index contributed by atoms with van der Waals surface area (Å²) in [6, 6.07) is 8.88. The van der Waals surface area contributed by atoms with E-state index in [0.29, 0.717) is 21.5 Å². The van der Waals surface area contributed by atoms with Crippen molar-refractivity contribution in [1.82, 2.24) is 0 Å². The van der Waals surface area contributed by atoms with Crippen molar-refractivity contribution in [2.45, 2.75) is 6.61 Å². The molecule has 0 saturated carbocycles. The molecular weight excluding hydrogens is 341 g/mol. The van der Waals surface area contributed by atoms with Crippen LogP contribution in [0.15, 0.2) is 40.9 Å². The SMILES string of the molecule is COc1ccc(N)c(C(=O)OCc2cc(F)ccc2Br)c1. The third kappa shape index (κ3) is 3.72. The van der Waals surface area contributed by atoms with Gasteiger partial charge in [-0.3, -0.25) is 0 Å². The Morgan fingerprint density at radius 3 is 2.76 bits per heavy atom. The van der Waals surface area contributed by atoms with Crippen molar-refractivity contribution in [3.8, 4) is 5.75 Å². The average Bonchev–Trinajstić information content (AvgIpc) is 2.48. The molecule has 2 N–H and O–H groups in total. The maximum atomic E-state index is 13.2. The zero-order valence-electron chi connectivity index (χ0n) is 11.2. The van der Waals surface area contributed by atoms with E-state index in [0.717, 1.165) is 0 Å². The molecule has 2 rings (SSSR count). The first-order valence-corrected chi connectivity index (χ1v) is 6.85.